The maximum atomic E-state index is 3.27. The monoisotopic (exact) mass is 149 g/mol. The molecule has 0 unspecified atom stereocenters. The van der Waals surface area contributed by atoms with E-state index in [0.29, 0.717) is 0 Å². The quantitative estimate of drug-likeness (QED) is 0.461. The molecule has 61 valence electrons. The van der Waals surface area contributed by atoms with E-state index in [1.165, 1.54) is 38.5 Å². The molecule has 1 aliphatic rings. The first-order chi connectivity index (χ1) is 5.50. The van der Waals surface area contributed by atoms with Crippen molar-refractivity contribution in [2.45, 2.75) is 44.9 Å². The molecule has 0 saturated heterocycles. The van der Waals surface area contributed by atoms with Gasteiger partial charge >= 0.3 is 0 Å². The second kappa shape index (κ2) is 6.21. The average Bonchev–Trinajstić information content (AvgIpc) is 2.08. The van der Waals surface area contributed by atoms with Crippen LogP contribution in [0.2, 0.25) is 0 Å². The van der Waals surface area contributed by atoms with E-state index in [2.05, 4.69) is 24.3 Å². The molecule has 0 heteroatoms. The minimum Gasteiger partial charge on any atom is -0.0882 e. The summed E-state index contributed by atoms with van der Waals surface area (Å²) >= 11 is 0. The van der Waals surface area contributed by atoms with Gasteiger partial charge in [0.1, 0.15) is 0 Å². The SMILES string of the molecule is [C]1=C\CCCCCC/C=C/C/1. The molecule has 0 aliphatic heterocycles. The first-order valence-corrected chi connectivity index (χ1v) is 4.70. The largest absolute Gasteiger partial charge is 0.0882 e. The van der Waals surface area contributed by atoms with Gasteiger partial charge in [-0.05, 0) is 38.2 Å². The number of hydrogen-bond acceptors (Lipinski definition) is 0. The number of rotatable bonds is 0. The van der Waals surface area contributed by atoms with E-state index in [-0.39, 0.29) is 0 Å². The molecule has 0 saturated carbocycles. The van der Waals surface area contributed by atoms with Crippen LogP contribution >= 0.6 is 0 Å². The molecule has 0 aromatic carbocycles. The lowest BCUT2D eigenvalue weighted by molar-refractivity contribution is 0.653. The zero-order valence-corrected chi connectivity index (χ0v) is 7.18. The summed E-state index contributed by atoms with van der Waals surface area (Å²) in [6.07, 6.45) is 19.0. The Balaban J connectivity index is 2.22. The summed E-state index contributed by atoms with van der Waals surface area (Å²) in [5.74, 6) is 0. The van der Waals surface area contributed by atoms with Crippen LogP contribution in [-0.2, 0) is 0 Å². The highest BCUT2D eigenvalue weighted by atomic mass is 13.9. The minimum atomic E-state index is 1.01. The van der Waals surface area contributed by atoms with E-state index < -0.39 is 0 Å². The van der Waals surface area contributed by atoms with Gasteiger partial charge < -0.3 is 0 Å². The maximum absolute atomic E-state index is 3.27. The van der Waals surface area contributed by atoms with Gasteiger partial charge in [-0.3, -0.25) is 0 Å². The van der Waals surface area contributed by atoms with Gasteiger partial charge in [-0.25, -0.2) is 0 Å². The van der Waals surface area contributed by atoms with Crippen molar-refractivity contribution in [3.8, 4) is 0 Å². The standard InChI is InChI=1S/C11H17/c1-2-4-6-8-10-11-9-7-5-3-1/h1-2,8H,3-5,7,9-11H2/b2-1+,8-6?. The lowest BCUT2D eigenvalue weighted by atomic mass is 10.1. The topological polar surface area (TPSA) is 0 Å². The second-order valence-corrected chi connectivity index (χ2v) is 3.08. The number of hydrogen-bond donors (Lipinski definition) is 0. The molecular formula is C11H17. The fourth-order valence-electron chi connectivity index (χ4n) is 1.32. The van der Waals surface area contributed by atoms with Crippen LogP contribution in [0.25, 0.3) is 0 Å². The van der Waals surface area contributed by atoms with Crippen LogP contribution in [0.4, 0.5) is 0 Å². The summed E-state index contributed by atoms with van der Waals surface area (Å²) in [7, 11) is 0. The summed E-state index contributed by atoms with van der Waals surface area (Å²) in [4.78, 5) is 0. The van der Waals surface area contributed by atoms with Gasteiger partial charge in [0.05, 0.1) is 0 Å². The lowest BCUT2D eigenvalue weighted by Gasteiger charge is -1.95. The summed E-state index contributed by atoms with van der Waals surface area (Å²) in [5.41, 5.74) is 0. The van der Waals surface area contributed by atoms with Crippen LogP contribution in [0.5, 0.6) is 0 Å². The molecule has 0 amide bonds. The maximum Gasteiger partial charge on any atom is -0.00979 e. The summed E-state index contributed by atoms with van der Waals surface area (Å²) in [5, 5.41) is 0. The summed E-state index contributed by atoms with van der Waals surface area (Å²) in [6, 6.07) is 0. The van der Waals surface area contributed by atoms with Gasteiger partial charge in [0.15, 0.2) is 0 Å². The highest BCUT2D eigenvalue weighted by Crippen LogP contribution is 2.07. The van der Waals surface area contributed by atoms with Crippen LogP contribution in [0.3, 0.4) is 0 Å². The van der Waals surface area contributed by atoms with Crippen LogP contribution in [0.15, 0.2) is 18.2 Å². The highest BCUT2D eigenvalue weighted by Gasteiger charge is 1.88. The summed E-state index contributed by atoms with van der Waals surface area (Å²) < 4.78 is 0. The Labute approximate surface area is 70.0 Å². The van der Waals surface area contributed by atoms with Crippen molar-refractivity contribution < 1.29 is 0 Å². The fraction of sp³-hybridized carbons (Fsp3) is 0.636. The molecule has 1 aliphatic carbocycles. The molecule has 0 fully saturated rings. The third-order valence-electron chi connectivity index (χ3n) is 2.02. The first-order valence-electron chi connectivity index (χ1n) is 4.70. The highest BCUT2D eigenvalue weighted by molar-refractivity contribution is 4.88. The van der Waals surface area contributed by atoms with E-state index in [4.69, 9.17) is 0 Å². The molecular weight excluding hydrogens is 132 g/mol. The van der Waals surface area contributed by atoms with Crippen molar-refractivity contribution in [3.05, 3.63) is 24.3 Å². The average molecular weight is 149 g/mol. The number of allylic oxidation sites excluding steroid dienone is 4. The molecule has 0 bridgehead atoms. The molecule has 0 N–H and O–H groups in total. The lowest BCUT2D eigenvalue weighted by Crippen LogP contribution is -1.75. The Morgan fingerprint density at radius 1 is 0.818 bits per heavy atom. The third kappa shape index (κ3) is 4.83. The van der Waals surface area contributed by atoms with Crippen LogP contribution in [-0.4, -0.2) is 0 Å². The Morgan fingerprint density at radius 2 is 1.64 bits per heavy atom. The summed E-state index contributed by atoms with van der Waals surface area (Å²) in [6.45, 7) is 0. The zero-order chi connectivity index (χ0) is 7.78. The van der Waals surface area contributed by atoms with Crippen molar-refractivity contribution >= 4 is 0 Å². The van der Waals surface area contributed by atoms with Gasteiger partial charge in [-0.1, -0.05) is 31.1 Å². The smallest absolute Gasteiger partial charge is 0.00979 e. The zero-order valence-electron chi connectivity index (χ0n) is 7.18. The van der Waals surface area contributed by atoms with Gasteiger partial charge in [0.25, 0.3) is 0 Å². The van der Waals surface area contributed by atoms with Gasteiger partial charge in [-0.2, -0.15) is 0 Å². The molecule has 1 rings (SSSR count). The predicted octanol–water partition coefficient (Wildman–Crippen LogP) is 3.65. The van der Waals surface area contributed by atoms with Gasteiger partial charge in [-0.15, -0.1) is 0 Å². The van der Waals surface area contributed by atoms with Crippen molar-refractivity contribution in [3.63, 3.8) is 0 Å². The fourth-order valence-corrected chi connectivity index (χ4v) is 1.32. The minimum absolute atomic E-state index is 1.01. The van der Waals surface area contributed by atoms with Crippen LogP contribution in [0.1, 0.15) is 44.9 Å². The van der Waals surface area contributed by atoms with E-state index in [1.807, 2.05) is 0 Å². The molecule has 0 aromatic heterocycles. The molecule has 0 heterocycles. The Bertz CT molecular complexity index is 115. The molecule has 0 spiro atoms. The second-order valence-electron chi connectivity index (χ2n) is 3.08. The van der Waals surface area contributed by atoms with E-state index in [0.717, 1.165) is 6.42 Å². The normalized spacial score (nSPS) is 26.9. The Hall–Kier alpha value is -0.520. The molecule has 0 aromatic rings. The van der Waals surface area contributed by atoms with Crippen molar-refractivity contribution in [2.24, 2.45) is 0 Å². The predicted molar refractivity (Wildman–Crippen MR) is 49.3 cm³/mol. The van der Waals surface area contributed by atoms with E-state index in [9.17, 15) is 0 Å². The van der Waals surface area contributed by atoms with Crippen molar-refractivity contribution in [2.75, 3.05) is 0 Å². The Morgan fingerprint density at radius 3 is 2.55 bits per heavy atom. The van der Waals surface area contributed by atoms with E-state index in [1.54, 1.807) is 0 Å². The molecule has 1 radical (unpaired) electrons. The Kier molecular flexibility index (Phi) is 4.84. The molecule has 0 atom stereocenters. The first kappa shape index (κ1) is 8.58. The van der Waals surface area contributed by atoms with Crippen molar-refractivity contribution in [1.82, 2.24) is 0 Å². The molecule has 11 heavy (non-hydrogen) atoms. The molecule has 0 nitrogen and oxygen atoms in total. The van der Waals surface area contributed by atoms with Gasteiger partial charge in [0, 0.05) is 0 Å². The van der Waals surface area contributed by atoms with Crippen molar-refractivity contribution in [1.29, 1.82) is 0 Å². The van der Waals surface area contributed by atoms with E-state index >= 15 is 0 Å². The van der Waals surface area contributed by atoms with Crippen LogP contribution in [0, 0.1) is 6.08 Å². The van der Waals surface area contributed by atoms with Gasteiger partial charge in [0.2, 0.25) is 0 Å². The third-order valence-corrected chi connectivity index (χ3v) is 2.02. The van der Waals surface area contributed by atoms with Crippen LogP contribution < -0.4 is 0 Å².